The Morgan fingerprint density at radius 3 is 3.00 bits per heavy atom. The molecular weight excluding hydrogens is 212 g/mol. The molecule has 3 heteroatoms. The van der Waals surface area contributed by atoms with Crippen molar-refractivity contribution >= 4 is 0 Å². The molecule has 0 aromatic carbocycles. The Balaban J connectivity index is 1.89. The Bertz CT molecular complexity index is 348. The molecule has 2 rings (SSSR count). The second-order valence-corrected chi connectivity index (χ2v) is 5.51. The van der Waals surface area contributed by atoms with E-state index in [1.54, 1.807) is 0 Å². The second-order valence-electron chi connectivity index (χ2n) is 5.51. The van der Waals surface area contributed by atoms with Crippen molar-refractivity contribution in [3.8, 4) is 0 Å². The summed E-state index contributed by atoms with van der Waals surface area (Å²) in [6, 6.07) is 0. The Hall–Kier alpha value is -0.830. The van der Waals surface area contributed by atoms with Crippen LogP contribution in [0.2, 0.25) is 0 Å². The molecule has 1 aromatic heterocycles. The fraction of sp³-hybridized carbons (Fsp3) is 0.786. The number of hydrogen-bond acceptors (Lipinski definition) is 2. The van der Waals surface area contributed by atoms with Crippen LogP contribution in [-0.4, -0.2) is 21.0 Å². The summed E-state index contributed by atoms with van der Waals surface area (Å²) in [7, 11) is 0. The number of aliphatic hydroxyl groups is 1. The summed E-state index contributed by atoms with van der Waals surface area (Å²) in [4.78, 5) is 0. The summed E-state index contributed by atoms with van der Waals surface area (Å²) < 4.78 is 1.92. The Labute approximate surface area is 104 Å². The molecule has 3 atom stereocenters. The third-order valence-electron chi connectivity index (χ3n) is 3.98. The first kappa shape index (κ1) is 12.6. The standard InChI is InChI=1S/C14H24N2O/c1-3-16-10-12(9-15-16)8-14(17)13-6-4-5-11(2)7-13/h9-11,13-14,17H,3-8H2,1-2H3. The topological polar surface area (TPSA) is 38.0 Å². The van der Waals surface area contributed by atoms with Crippen LogP contribution in [0.1, 0.15) is 45.1 Å². The lowest BCUT2D eigenvalue weighted by atomic mass is 9.78. The molecular formula is C14H24N2O. The van der Waals surface area contributed by atoms with Crippen LogP contribution in [-0.2, 0) is 13.0 Å². The molecule has 0 bridgehead atoms. The van der Waals surface area contributed by atoms with Gasteiger partial charge in [-0.05, 0) is 37.2 Å². The van der Waals surface area contributed by atoms with Gasteiger partial charge in [-0.1, -0.05) is 19.8 Å². The van der Waals surface area contributed by atoms with Crippen molar-refractivity contribution < 1.29 is 5.11 Å². The van der Waals surface area contributed by atoms with Gasteiger partial charge in [0.05, 0.1) is 12.3 Å². The van der Waals surface area contributed by atoms with Gasteiger partial charge in [0.2, 0.25) is 0 Å². The van der Waals surface area contributed by atoms with E-state index in [0.717, 1.165) is 24.4 Å². The molecule has 1 aliphatic carbocycles. The van der Waals surface area contributed by atoms with Crippen LogP contribution in [0.5, 0.6) is 0 Å². The van der Waals surface area contributed by atoms with Gasteiger partial charge in [0.15, 0.2) is 0 Å². The lowest BCUT2D eigenvalue weighted by Crippen LogP contribution is -2.27. The predicted molar refractivity (Wildman–Crippen MR) is 68.7 cm³/mol. The fourth-order valence-electron chi connectivity index (χ4n) is 2.92. The normalized spacial score (nSPS) is 27.0. The van der Waals surface area contributed by atoms with Crippen LogP contribution in [0.15, 0.2) is 12.4 Å². The van der Waals surface area contributed by atoms with Crippen LogP contribution in [0.4, 0.5) is 0 Å². The monoisotopic (exact) mass is 236 g/mol. The molecule has 1 aromatic rings. The first-order valence-electron chi connectivity index (χ1n) is 6.88. The molecule has 1 aliphatic rings. The van der Waals surface area contributed by atoms with Crippen molar-refractivity contribution in [3.63, 3.8) is 0 Å². The minimum atomic E-state index is -0.188. The Morgan fingerprint density at radius 2 is 2.35 bits per heavy atom. The van der Waals surface area contributed by atoms with Crippen LogP contribution in [0, 0.1) is 11.8 Å². The first-order chi connectivity index (χ1) is 8.19. The van der Waals surface area contributed by atoms with Gasteiger partial charge in [0, 0.05) is 19.2 Å². The predicted octanol–water partition coefficient (Wildman–Crippen LogP) is 2.63. The zero-order chi connectivity index (χ0) is 12.3. The van der Waals surface area contributed by atoms with E-state index in [2.05, 4.69) is 25.1 Å². The largest absolute Gasteiger partial charge is 0.392 e. The van der Waals surface area contributed by atoms with Crippen molar-refractivity contribution in [1.82, 2.24) is 9.78 Å². The van der Waals surface area contributed by atoms with Gasteiger partial charge in [-0.3, -0.25) is 4.68 Å². The lowest BCUT2D eigenvalue weighted by Gasteiger charge is -2.30. The van der Waals surface area contributed by atoms with Gasteiger partial charge >= 0.3 is 0 Å². The average Bonchev–Trinajstić information content (AvgIpc) is 2.77. The van der Waals surface area contributed by atoms with Crippen molar-refractivity contribution in [1.29, 1.82) is 0 Å². The summed E-state index contributed by atoms with van der Waals surface area (Å²) in [6.07, 6.45) is 9.49. The third-order valence-corrected chi connectivity index (χ3v) is 3.98. The molecule has 3 nitrogen and oxygen atoms in total. The molecule has 17 heavy (non-hydrogen) atoms. The van der Waals surface area contributed by atoms with Gasteiger partial charge in [0.25, 0.3) is 0 Å². The summed E-state index contributed by atoms with van der Waals surface area (Å²) in [5.41, 5.74) is 1.16. The highest BCUT2D eigenvalue weighted by atomic mass is 16.3. The number of rotatable bonds is 4. The number of nitrogens with zero attached hydrogens (tertiary/aromatic N) is 2. The van der Waals surface area contributed by atoms with Crippen molar-refractivity contribution in [2.45, 2.75) is 58.6 Å². The van der Waals surface area contributed by atoms with Gasteiger partial charge in [-0.25, -0.2) is 0 Å². The van der Waals surface area contributed by atoms with E-state index in [1.165, 1.54) is 25.7 Å². The number of aryl methyl sites for hydroxylation is 1. The second kappa shape index (κ2) is 5.67. The van der Waals surface area contributed by atoms with Crippen molar-refractivity contribution in [2.75, 3.05) is 0 Å². The van der Waals surface area contributed by atoms with E-state index in [1.807, 2.05) is 10.9 Å². The molecule has 1 N–H and O–H groups in total. The Morgan fingerprint density at radius 1 is 1.53 bits per heavy atom. The molecule has 0 radical (unpaired) electrons. The van der Waals surface area contributed by atoms with Crippen LogP contribution < -0.4 is 0 Å². The Kier molecular flexibility index (Phi) is 4.21. The van der Waals surface area contributed by atoms with E-state index in [0.29, 0.717) is 5.92 Å². The van der Waals surface area contributed by atoms with E-state index in [9.17, 15) is 5.11 Å². The number of hydrogen-bond donors (Lipinski definition) is 1. The van der Waals surface area contributed by atoms with Gasteiger partial charge in [0.1, 0.15) is 0 Å². The van der Waals surface area contributed by atoms with Crippen molar-refractivity contribution in [2.24, 2.45) is 11.8 Å². The van der Waals surface area contributed by atoms with E-state index >= 15 is 0 Å². The van der Waals surface area contributed by atoms with E-state index < -0.39 is 0 Å². The van der Waals surface area contributed by atoms with Gasteiger partial charge in [-0.15, -0.1) is 0 Å². The van der Waals surface area contributed by atoms with Gasteiger partial charge in [-0.2, -0.15) is 5.10 Å². The summed E-state index contributed by atoms with van der Waals surface area (Å²) in [6.45, 7) is 5.28. The number of aromatic nitrogens is 2. The highest BCUT2D eigenvalue weighted by Crippen LogP contribution is 2.31. The quantitative estimate of drug-likeness (QED) is 0.872. The summed E-state index contributed by atoms with van der Waals surface area (Å²) >= 11 is 0. The maximum Gasteiger partial charge on any atom is 0.0609 e. The summed E-state index contributed by atoms with van der Waals surface area (Å²) in [5.74, 6) is 1.27. The highest BCUT2D eigenvalue weighted by molar-refractivity contribution is 5.06. The minimum absolute atomic E-state index is 0.188. The molecule has 0 saturated heterocycles. The fourth-order valence-corrected chi connectivity index (χ4v) is 2.92. The first-order valence-corrected chi connectivity index (χ1v) is 6.88. The average molecular weight is 236 g/mol. The highest BCUT2D eigenvalue weighted by Gasteiger charge is 2.25. The van der Waals surface area contributed by atoms with Gasteiger partial charge < -0.3 is 5.11 Å². The van der Waals surface area contributed by atoms with Crippen LogP contribution in [0.3, 0.4) is 0 Å². The molecule has 1 heterocycles. The maximum atomic E-state index is 10.3. The zero-order valence-corrected chi connectivity index (χ0v) is 11.0. The molecule has 0 aliphatic heterocycles. The minimum Gasteiger partial charge on any atom is -0.392 e. The lowest BCUT2D eigenvalue weighted by molar-refractivity contribution is 0.0720. The molecule has 3 unspecified atom stereocenters. The molecule has 1 fully saturated rings. The maximum absolute atomic E-state index is 10.3. The van der Waals surface area contributed by atoms with Crippen LogP contribution in [0.25, 0.3) is 0 Å². The molecule has 96 valence electrons. The molecule has 0 amide bonds. The van der Waals surface area contributed by atoms with E-state index in [-0.39, 0.29) is 6.10 Å². The van der Waals surface area contributed by atoms with Crippen molar-refractivity contribution in [3.05, 3.63) is 18.0 Å². The molecule has 1 saturated carbocycles. The van der Waals surface area contributed by atoms with Crippen LogP contribution >= 0.6 is 0 Å². The zero-order valence-electron chi connectivity index (χ0n) is 11.0. The third kappa shape index (κ3) is 3.32. The molecule has 0 spiro atoms. The summed E-state index contributed by atoms with van der Waals surface area (Å²) in [5, 5.41) is 14.5. The smallest absolute Gasteiger partial charge is 0.0609 e. The van der Waals surface area contributed by atoms with E-state index in [4.69, 9.17) is 0 Å². The SMILES string of the molecule is CCn1cc(CC(O)C2CCCC(C)C2)cn1. The number of aliphatic hydroxyl groups excluding tert-OH is 1.